The number of carbonyl (C=O) groups excluding carboxylic acids is 2. The van der Waals surface area contributed by atoms with Crippen molar-refractivity contribution in [3.63, 3.8) is 0 Å². The fourth-order valence-corrected chi connectivity index (χ4v) is 2.87. The molecule has 2 N–H and O–H groups in total. The Labute approximate surface area is 146 Å². The van der Waals surface area contributed by atoms with Gasteiger partial charge in [0.25, 0.3) is 5.91 Å². The van der Waals surface area contributed by atoms with E-state index in [1.54, 1.807) is 12.1 Å². The van der Waals surface area contributed by atoms with Crippen molar-refractivity contribution in [3.05, 3.63) is 59.7 Å². The van der Waals surface area contributed by atoms with Crippen molar-refractivity contribution in [3.8, 4) is 0 Å². The summed E-state index contributed by atoms with van der Waals surface area (Å²) in [5.41, 5.74) is 1.47. The maximum Gasteiger partial charge on any atom is 0.251 e. The topological polar surface area (TPSA) is 88.9 Å². The zero-order valence-corrected chi connectivity index (χ0v) is 14.2. The van der Waals surface area contributed by atoms with Crippen LogP contribution in [0.3, 0.4) is 0 Å². The van der Waals surface area contributed by atoms with Crippen LogP contribution >= 0.6 is 0 Å². The van der Waals surface area contributed by atoms with Gasteiger partial charge in [0, 0.05) is 25.1 Å². The largest absolute Gasteiger partial charge is 0.348 e. The number of amides is 2. The molecular formula is C18H21N5O2. The van der Waals surface area contributed by atoms with Crippen molar-refractivity contribution in [2.24, 2.45) is 0 Å². The van der Waals surface area contributed by atoms with Crippen molar-refractivity contribution in [2.75, 3.05) is 0 Å². The minimum Gasteiger partial charge on any atom is -0.348 e. The number of hydrogen-bond donors (Lipinski definition) is 2. The Hall–Kier alpha value is -2.96. The van der Waals surface area contributed by atoms with Crippen molar-refractivity contribution in [1.82, 2.24) is 25.4 Å². The molecule has 1 aromatic heterocycles. The molecule has 25 heavy (non-hydrogen) atoms. The van der Waals surface area contributed by atoms with E-state index in [1.807, 2.05) is 19.1 Å². The normalized spacial score (nSPS) is 13.8. The summed E-state index contributed by atoms with van der Waals surface area (Å²) < 4.78 is 2.08. The first-order chi connectivity index (χ1) is 12.1. The van der Waals surface area contributed by atoms with Crippen molar-refractivity contribution >= 4 is 11.8 Å². The SMILES string of the molecule is C=CC(=O)NCc1ccc(C(=O)NC(C)c2nnc3n2CCC3)cc1. The van der Waals surface area contributed by atoms with Gasteiger partial charge in [0.1, 0.15) is 5.82 Å². The van der Waals surface area contributed by atoms with Gasteiger partial charge in [-0.15, -0.1) is 10.2 Å². The van der Waals surface area contributed by atoms with Crippen LogP contribution in [0.25, 0.3) is 0 Å². The zero-order chi connectivity index (χ0) is 17.8. The minimum atomic E-state index is -0.225. The summed E-state index contributed by atoms with van der Waals surface area (Å²) in [5.74, 6) is 1.40. The molecule has 0 saturated heterocycles. The quantitative estimate of drug-likeness (QED) is 0.781. The standard InChI is InChI=1S/C18H21N5O2/c1-3-16(24)19-11-13-6-8-14(9-7-13)18(25)20-12(2)17-22-21-15-5-4-10-23(15)17/h3,6-9,12H,1,4-5,10-11H2,2H3,(H,19,24)(H,20,25). The smallest absolute Gasteiger partial charge is 0.251 e. The molecule has 2 aromatic rings. The number of benzene rings is 1. The van der Waals surface area contributed by atoms with Crippen molar-refractivity contribution in [1.29, 1.82) is 0 Å². The molecule has 1 aromatic carbocycles. The Morgan fingerprint density at radius 1 is 1.32 bits per heavy atom. The molecule has 0 spiro atoms. The third kappa shape index (κ3) is 3.76. The van der Waals surface area contributed by atoms with Gasteiger partial charge in [-0.25, -0.2) is 0 Å². The minimum absolute atomic E-state index is 0.162. The number of aromatic nitrogens is 3. The van der Waals surface area contributed by atoms with Gasteiger partial charge in [-0.05, 0) is 37.1 Å². The Bertz CT molecular complexity index is 794. The third-order valence-electron chi connectivity index (χ3n) is 4.24. The van der Waals surface area contributed by atoms with Gasteiger partial charge >= 0.3 is 0 Å². The Kier molecular flexibility index (Phi) is 4.92. The van der Waals surface area contributed by atoms with E-state index in [4.69, 9.17) is 0 Å². The van der Waals surface area contributed by atoms with Gasteiger partial charge in [-0.1, -0.05) is 18.7 Å². The molecular weight excluding hydrogens is 318 g/mol. The van der Waals surface area contributed by atoms with Crippen LogP contribution in [0.1, 0.15) is 47.0 Å². The Morgan fingerprint density at radius 2 is 2.08 bits per heavy atom. The molecule has 0 fully saturated rings. The monoisotopic (exact) mass is 339 g/mol. The third-order valence-corrected chi connectivity index (χ3v) is 4.24. The van der Waals surface area contributed by atoms with Gasteiger partial charge in [-0.2, -0.15) is 0 Å². The van der Waals surface area contributed by atoms with Crippen LogP contribution in [0.5, 0.6) is 0 Å². The summed E-state index contributed by atoms with van der Waals surface area (Å²) in [6.45, 7) is 6.62. The number of fused-ring (bicyclic) bond motifs is 1. The van der Waals surface area contributed by atoms with Gasteiger partial charge in [-0.3, -0.25) is 9.59 Å². The predicted molar refractivity (Wildman–Crippen MR) is 92.7 cm³/mol. The lowest BCUT2D eigenvalue weighted by Gasteiger charge is -2.14. The number of nitrogens with one attached hydrogen (secondary N) is 2. The second kappa shape index (κ2) is 7.29. The molecule has 1 aliphatic heterocycles. The fraction of sp³-hybridized carbons (Fsp3) is 0.333. The molecule has 130 valence electrons. The van der Waals surface area contributed by atoms with Gasteiger partial charge < -0.3 is 15.2 Å². The van der Waals surface area contributed by atoms with E-state index in [0.29, 0.717) is 12.1 Å². The molecule has 0 radical (unpaired) electrons. The number of aryl methyl sites for hydroxylation is 1. The molecule has 7 heteroatoms. The van der Waals surface area contributed by atoms with Crippen molar-refractivity contribution < 1.29 is 9.59 Å². The molecule has 0 saturated carbocycles. The first-order valence-electron chi connectivity index (χ1n) is 8.30. The number of nitrogens with zero attached hydrogens (tertiary/aromatic N) is 3. The van der Waals surface area contributed by atoms with Gasteiger partial charge in [0.05, 0.1) is 6.04 Å². The van der Waals surface area contributed by atoms with Gasteiger partial charge in [0.15, 0.2) is 5.82 Å². The molecule has 2 heterocycles. The lowest BCUT2D eigenvalue weighted by molar-refractivity contribution is -0.116. The molecule has 1 atom stereocenters. The maximum absolute atomic E-state index is 12.4. The second-order valence-corrected chi connectivity index (χ2v) is 6.04. The Balaban J connectivity index is 1.61. The first kappa shape index (κ1) is 16.9. The second-order valence-electron chi connectivity index (χ2n) is 6.04. The lowest BCUT2D eigenvalue weighted by atomic mass is 10.1. The molecule has 1 unspecified atom stereocenters. The van der Waals surface area contributed by atoms with E-state index in [0.717, 1.165) is 36.6 Å². The van der Waals surface area contributed by atoms with E-state index >= 15 is 0 Å². The van der Waals surface area contributed by atoms with Crippen LogP contribution in [0.2, 0.25) is 0 Å². The summed E-state index contributed by atoms with van der Waals surface area (Å²) in [5, 5.41) is 14.0. The molecule has 2 amide bonds. The molecule has 1 aliphatic rings. The first-order valence-corrected chi connectivity index (χ1v) is 8.30. The van der Waals surface area contributed by atoms with Crippen LogP contribution < -0.4 is 10.6 Å². The van der Waals surface area contributed by atoms with Crippen LogP contribution in [0.4, 0.5) is 0 Å². The van der Waals surface area contributed by atoms with Crippen LogP contribution in [0.15, 0.2) is 36.9 Å². The average Bonchev–Trinajstić information content (AvgIpc) is 3.23. The van der Waals surface area contributed by atoms with E-state index in [-0.39, 0.29) is 17.9 Å². The van der Waals surface area contributed by atoms with E-state index in [1.165, 1.54) is 6.08 Å². The Morgan fingerprint density at radius 3 is 2.80 bits per heavy atom. The molecule has 0 aliphatic carbocycles. The van der Waals surface area contributed by atoms with Crippen LogP contribution in [-0.2, 0) is 24.3 Å². The zero-order valence-electron chi connectivity index (χ0n) is 14.2. The lowest BCUT2D eigenvalue weighted by Crippen LogP contribution is -2.28. The summed E-state index contributed by atoms with van der Waals surface area (Å²) in [4.78, 5) is 23.6. The van der Waals surface area contributed by atoms with E-state index in [2.05, 4.69) is 32.0 Å². The molecule has 3 rings (SSSR count). The number of carbonyl (C=O) groups is 2. The molecule has 0 bridgehead atoms. The number of rotatable bonds is 6. The van der Waals surface area contributed by atoms with Crippen LogP contribution in [0, 0.1) is 0 Å². The summed E-state index contributed by atoms with van der Waals surface area (Å²) >= 11 is 0. The summed E-state index contributed by atoms with van der Waals surface area (Å²) in [6, 6.07) is 6.91. The number of hydrogen-bond acceptors (Lipinski definition) is 4. The summed E-state index contributed by atoms with van der Waals surface area (Å²) in [6.07, 6.45) is 3.24. The average molecular weight is 339 g/mol. The van der Waals surface area contributed by atoms with E-state index in [9.17, 15) is 9.59 Å². The fourth-order valence-electron chi connectivity index (χ4n) is 2.87. The highest BCUT2D eigenvalue weighted by Gasteiger charge is 2.22. The summed E-state index contributed by atoms with van der Waals surface area (Å²) in [7, 11) is 0. The van der Waals surface area contributed by atoms with Gasteiger partial charge in [0.2, 0.25) is 5.91 Å². The predicted octanol–water partition coefficient (Wildman–Crippen LogP) is 1.52. The van der Waals surface area contributed by atoms with Crippen LogP contribution in [-0.4, -0.2) is 26.6 Å². The molecule has 7 nitrogen and oxygen atoms in total. The highest BCUT2D eigenvalue weighted by Crippen LogP contribution is 2.19. The van der Waals surface area contributed by atoms with E-state index < -0.39 is 0 Å². The highest BCUT2D eigenvalue weighted by molar-refractivity contribution is 5.94. The van der Waals surface area contributed by atoms with Crippen molar-refractivity contribution in [2.45, 2.75) is 38.9 Å². The maximum atomic E-state index is 12.4. The highest BCUT2D eigenvalue weighted by atomic mass is 16.2.